The summed E-state index contributed by atoms with van der Waals surface area (Å²) in [6, 6.07) is 9.49. The largest absolute Gasteiger partial charge is 0.345 e. The molecule has 0 aliphatic heterocycles. The van der Waals surface area contributed by atoms with Gasteiger partial charge in [-0.3, -0.25) is 4.79 Å². The Morgan fingerprint density at radius 3 is 2.75 bits per heavy atom. The number of anilines is 3. The first-order valence-electron chi connectivity index (χ1n) is 8.08. The van der Waals surface area contributed by atoms with Crippen molar-refractivity contribution < 1.29 is 4.79 Å². The second-order valence-electron chi connectivity index (χ2n) is 5.93. The minimum Gasteiger partial charge on any atom is -0.345 e. The number of aromatic amines is 1. The summed E-state index contributed by atoms with van der Waals surface area (Å²) in [7, 11) is 0. The molecule has 0 saturated heterocycles. The van der Waals surface area contributed by atoms with E-state index in [1.165, 1.54) is 0 Å². The maximum absolute atomic E-state index is 11.6. The van der Waals surface area contributed by atoms with E-state index in [-0.39, 0.29) is 11.8 Å². The molecule has 3 aromatic rings. The lowest BCUT2D eigenvalue weighted by Crippen LogP contribution is -2.09. The van der Waals surface area contributed by atoms with Crippen LogP contribution in [0, 0.1) is 0 Å². The highest BCUT2D eigenvalue weighted by molar-refractivity contribution is 5.91. The fraction of sp³-hybridized carbons (Fsp3) is 0.278. The normalized spacial score (nSPS) is 11.0. The fourth-order valence-corrected chi connectivity index (χ4v) is 2.44. The van der Waals surface area contributed by atoms with Crippen LogP contribution in [0.15, 0.2) is 36.5 Å². The first kappa shape index (κ1) is 16.0. The van der Waals surface area contributed by atoms with Crippen molar-refractivity contribution in [2.24, 2.45) is 0 Å². The second kappa shape index (κ2) is 6.70. The van der Waals surface area contributed by atoms with Crippen LogP contribution in [0.4, 0.5) is 17.2 Å². The Labute approximate surface area is 140 Å². The predicted molar refractivity (Wildman–Crippen MR) is 96.6 cm³/mol. The summed E-state index contributed by atoms with van der Waals surface area (Å²) >= 11 is 0. The summed E-state index contributed by atoms with van der Waals surface area (Å²) in [4.78, 5) is 24.0. The molecule has 0 bridgehead atoms. The highest BCUT2D eigenvalue weighted by Gasteiger charge is 2.13. The third-order valence-corrected chi connectivity index (χ3v) is 3.69. The maximum Gasteiger partial charge on any atom is 0.224 e. The summed E-state index contributed by atoms with van der Waals surface area (Å²) in [5.41, 5.74) is 4.11. The molecule has 6 heteroatoms. The molecule has 3 N–H and O–H groups in total. The molecule has 3 rings (SSSR count). The number of fused-ring (bicyclic) bond motifs is 1. The van der Waals surface area contributed by atoms with Crippen molar-refractivity contribution in [1.82, 2.24) is 15.0 Å². The van der Waals surface area contributed by atoms with E-state index in [1.807, 2.05) is 43.5 Å². The van der Waals surface area contributed by atoms with E-state index in [4.69, 9.17) is 0 Å². The van der Waals surface area contributed by atoms with Crippen molar-refractivity contribution in [3.05, 3.63) is 42.2 Å². The number of carbonyl (C=O) groups excluding carboxylic acids is 1. The number of aromatic nitrogens is 3. The molecule has 0 radical (unpaired) electrons. The molecular formula is C18H21N5O. The van der Waals surface area contributed by atoms with Gasteiger partial charge in [0.15, 0.2) is 11.5 Å². The van der Waals surface area contributed by atoms with Crippen molar-refractivity contribution in [2.75, 3.05) is 10.6 Å². The molecule has 24 heavy (non-hydrogen) atoms. The molecule has 124 valence electrons. The number of hydrogen-bond acceptors (Lipinski definition) is 4. The quantitative estimate of drug-likeness (QED) is 0.658. The van der Waals surface area contributed by atoms with Gasteiger partial charge in [-0.2, -0.15) is 0 Å². The molecule has 0 atom stereocenters. The molecule has 2 heterocycles. The van der Waals surface area contributed by atoms with E-state index in [9.17, 15) is 4.79 Å². The van der Waals surface area contributed by atoms with E-state index in [0.29, 0.717) is 6.42 Å². The van der Waals surface area contributed by atoms with Gasteiger partial charge in [0.25, 0.3) is 0 Å². The topological polar surface area (TPSA) is 82.7 Å². The Balaban J connectivity index is 1.92. The minimum absolute atomic E-state index is 0.0106. The zero-order valence-corrected chi connectivity index (χ0v) is 14.1. The average Bonchev–Trinajstić information content (AvgIpc) is 3.01. The van der Waals surface area contributed by atoms with Crippen molar-refractivity contribution in [3.63, 3.8) is 0 Å². The van der Waals surface area contributed by atoms with Gasteiger partial charge >= 0.3 is 0 Å². The van der Waals surface area contributed by atoms with Gasteiger partial charge in [-0.15, -0.1) is 0 Å². The molecule has 0 unspecified atom stereocenters. The van der Waals surface area contributed by atoms with Crippen LogP contribution < -0.4 is 10.6 Å². The van der Waals surface area contributed by atoms with E-state index in [0.717, 1.165) is 34.1 Å². The molecule has 0 saturated carbocycles. The van der Waals surface area contributed by atoms with Gasteiger partial charge in [0.2, 0.25) is 5.91 Å². The molecule has 1 amide bonds. The molecule has 0 spiro atoms. The SMILES string of the molecule is CCC(=O)Nc1cccc(Nc2nc3cc[nH]c3nc2C(C)C)c1. The standard InChI is InChI=1S/C18H21N5O/c1-4-15(24)20-12-6-5-7-13(10-12)21-18-16(11(2)3)23-17-14(22-18)8-9-19-17/h5-11H,4H2,1-3H3,(H,19,23)(H,20,24)(H,21,22). The van der Waals surface area contributed by atoms with E-state index in [1.54, 1.807) is 0 Å². The van der Waals surface area contributed by atoms with Gasteiger partial charge < -0.3 is 15.6 Å². The van der Waals surface area contributed by atoms with Gasteiger partial charge in [0, 0.05) is 24.0 Å². The summed E-state index contributed by atoms with van der Waals surface area (Å²) in [5.74, 6) is 0.954. The summed E-state index contributed by atoms with van der Waals surface area (Å²) in [5, 5.41) is 6.19. The smallest absolute Gasteiger partial charge is 0.224 e. The lowest BCUT2D eigenvalue weighted by Gasteiger charge is -2.14. The van der Waals surface area contributed by atoms with Gasteiger partial charge in [0.1, 0.15) is 5.52 Å². The Morgan fingerprint density at radius 2 is 2.00 bits per heavy atom. The van der Waals surface area contributed by atoms with Gasteiger partial charge in [-0.25, -0.2) is 9.97 Å². The van der Waals surface area contributed by atoms with Crippen LogP contribution in [0.2, 0.25) is 0 Å². The highest BCUT2D eigenvalue weighted by atomic mass is 16.1. The van der Waals surface area contributed by atoms with Gasteiger partial charge in [-0.1, -0.05) is 26.8 Å². The van der Waals surface area contributed by atoms with Crippen LogP contribution >= 0.6 is 0 Å². The summed E-state index contributed by atoms with van der Waals surface area (Å²) in [6.45, 7) is 6.00. The Bertz CT molecular complexity index is 869. The molecule has 2 aromatic heterocycles. The first-order valence-corrected chi connectivity index (χ1v) is 8.08. The van der Waals surface area contributed by atoms with Crippen molar-refractivity contribution >= 4 is 34.3 Å². The van der Waals surface area contributed by atoms with Gasteiger partial charge in [0.05, 0.1) is 5.69 Å². The maximum atomic E-state index is 11.6. The molecular weight excluding hydrogens is 302 g/mol. The zero-order valence-electron chi connectivity index (χ0n) is 14.1. The van der Waals surface area contributed by atoms with Crippen LogP contribution in [-0.4, -0.2) is 20.9 Å². The monoisotopic (exact) mass is 323 g/mol. The van der Waals surface area contributed by atoms with Crippen LogP contribution in [0.25, 0.3) is 11.2 Å². The molecule has 0 fully saturated rings. The van der Waals surface area contributed by atoms with Crippen LogP contribution in [0.3, 0.4) is 0 Å². The average molecular weight is 323 g/mol. The summed E-state index contributed by atoms with van der Waals surface area (Å²) in [6.07, 6.45) is 2.28. The van der Waals surface area contributed by atoms with Crippen molar-refractivity contribution in [1.29, 1.82) is 0 Å². The number of rotatable bonds is 5. The van der Waals surface area contributed by atoms with Crippen LogP contribution in [0.5, 0.6) is 0 Å². The number of benzene rings is 1. The van der Waals surface area contributed by atoms with E-state index < -0.39 is 0 Å². The lowest BCUT2D eigenvalue weighted by molar-refractivity contribution is -0.115. The summed E-state index contributed by atoms with van der Waals surface area (Å²) < 4.78 is 0. The second-order valence-corrected chi connectivity index (χ2v) is 5.93. The zero-order chi connectivity index (χ0) is 17.1. The number of amides is 1. The predicted octanol–water partition coefficient (Wildman–Crippen LogP) is 4.17. The van der Waals surface area contributed by atoms with Crippen LogP contribution in [0.1, 0.15) is 38.8 Å². The van der Waals surface area contributed by atoms with Gasteiger partial charge in [-0.05, 0) is 30.2 Å². The van der Waals surface area contributed by atoms with Crippen molar-refractivity contribution in [3.8, 4) is 0 Å². The van der Waals surface area contributed by atoms with E-state index >= 15 is 0 Å². The third-order valence-electron chi connectivity index (χ3n) is 3.69. The van der Waals surface area contributed by atoms with E-state index in [2.05, 4.69) is 39.4 Å². The number of hydrogen-bond donors (Lipinski definition) is 3. The van der Waals surface area contributed by atoms with Crippen molar-refractivity contribution in [2.45, 2.75) is 33.1 Å². The fourth-order valence-electron chi connectivity index (χ4n) is 2.44. The highest BCUT2D eigenvalue weighted by Crippen LogP contribution is 2.27. The first-order chi connectivity index (χ1) is 11.6. The number of nitrogens with zero attached hydrogens (tertiary/aromatic N) is 2. The molecule has 6 nitrogen and oxygen atoms in total. The van der Waals surface area contributed by atoms with Crippen LogP contribution in [-0.2, 0) is 4.79 Å². The number of carbonyl (C=O) groups is 1. The molecule has 0 aliphatic rings. The Hall–Kier alpha value is -2.89. The minimum atomic E-state index is -0.0106. The lowest BCUT2D eigenvalue weighted by atomic mass is 10.1. The number of nitrogens with one attached hydrogen (secondary N) is 3. The molecule has 1 aromatic carbocycles. The third kappa shape index (κ3) is 3.37. The Kier molecular flexibility index (Phi) is 4.46. The molecule has 0 aliphatic carbocycles. The Morgan fingerprint density at radius 1 is 1.21 bits per heavy atom. The number of H-pyrrole nitrogens is 1.